The molecule has 3 heterocycles. The first-order valence-electron chi connectivity index (χ1n) is 9.91. The van der Waals surface area contributed by atoms with Crippen LogP contribution < -0.4 is 15.7 Å². The lowest BCUT2D eigenvalue weighted by Crippen LogP contribution is -2.18. The van der Waals surface area contributed by atoms with Crippen molar-refractivity contribution in [3.63, 3.8) is 0 Å². The monoisotopic (exact) mass is 444 g/mol. The Kier molecular flexibility index (Phi) is 4.94. The fourth-order valence-corrected chi connectivity index (χ4v) is 3.51. The van der Waals surface area contributed by atoms with Gasteiger partial charge in [-0.3, -0.25) is 14.7 Å². The first kappa shape index (κ1) is 20.2. The summed E-state index contributed by atoms with van der Waals surface area (Å²) < 4.78 is 24.4. The quantitative estimate of drug-likeness (QED) is 0.449. The zero-order valence-electron chi connectivity index (χ0n) is 17.3. The molecule has 0 aliphatic carbocycles. The molecule has 0 saturated heterocycles. The van der Waals surface area contributed by atoms with E-state index in [1.165, 1.54) is 47.1 Å². The molecule has 3 aromatic heterocycles. The minimum Gasteiger partial charge on any atom is -0.491 e. The van der Waals surface area contributed by atoms with Gasteiger partial charge < -0.3 is 4.74 Å². The first-order chi connectivity index (χ1) is 16.1. The molecule has 5 aromatic rings. The largest absolute Gasteiger partial charge is 0.491 e. The van der Waals surface area contributed by atoms with Gasteiger partial charge in [0.25, 0.3) is 11.0 Å². The summed E-state index contributed by atoms with van der Waals surface area (Å²) in [6, 6.07) is 16.5. The van der Waals surface area contributed by atoms with Crippen molar-refractivity contribution in [3.05, 3.63) is 106 Å². The fourth-order valence-electron chi connectivity index (χ4n) is 3.51. The number of hydrogen-bond acceptors (Lipinski definition) is 5. The maximum atomic E-state index is 15.1. The maximum absolute atomic E-state index is 15.1. The van der Waals surface area contributed by atoms with Crippen LogP contribution in [0.5, 0.6) is 5.75 Å². The second-order valence-corrected chi connectivity index (χ2v) is 7.06. The minimum absolute atomic E-state index is 0.00937. The number of halogens is 1. The lowest BCUT2D eigenvalue weighted by Gasteiger charge is -2.13. The highest BCUT2D eigenvalue weighted by Crippen LogP contribution is 2.22. The number of benzene rings is 2. The molecule has 2 aromatic carbocycles. The van der Waals surface area contributed by atoms with Gasteiger partial charge in [-0.25, -0.2) is 18.4 Å². The molecule has 0 spiro atoms. The average Bonchev–Trinajstić information content (AvgIpc) is 3.49. The summed E-state index contributed by atoms with van der Waals surface area (Å²) in [5.41, 5.74) is 0.821. The predicted octanol–water partition coefficient (Wildman–Crippen LogP) is 2.71. The summed E-state index contributed by atoms with van der Waals surface area (Å²) in [6.07, 6.45) is 4.33. The Morgan fingerprint density at radius 3 is 2.52 bits per heavy atom. The molecule has 0 unspecified atom stereocenters. The van der Waals surface area contributed by atoms with Gasteiger partial charge in [-0.05, 0) is 30.3 Å². The number of para-hydroxylation sites is 1. The Hall–Kier alpha value is -4.73. The van der Waals surface area contributed by atoms with Gasteiger partial charge >= 0.3 is 0 Å². The van der Waals surface area contributed by atoms with Crippen molar-refractivity contribution >= 4 is 0 Å². The molecular weight excluding hydrogens is 427 g/mol. The molecule has 0 atom stereocenters. The van der Waals surface area contributed by atoms with Crippen LogP contribution in [0.2, 0.25) is 0 Å². The summed E-state index contributed by atoms with van der Waals surface area (Å²) in [5, 5.41) is 11.4. The van der Waals surface area contributed by atoms with Gasteiger partial charge in [0.1, 0.15) is 5.69 Å². The Bertz CT molecular complexity index is 1570. The fraction of sp³-hybridized carbons (Fsp3) is 0.0435. The zero-order valence-corrected chi connectivity index (χ0v) is 17.3. The van der Waals surface area contributed by atoms with Crippen LogP contribution in [0.3, 0.4) is 0 Å². The molecule has 0 amide bonds. The second kappa shape index (κ2) is 8.08. The van der Waals surface area contributed by atoms with Crippen LogP contribution in [0.1, 0.15) is 0 Å². The van der Waals surface area contributed by atoms with Gasteiger partial charge in [0.15, 0.2) is 17.3 Å². The SMILES string of the molecule is COc1cn(-c2ccc(-n3[nH]ccc3=O)cc2F)nc(-c2ccnn2-c2ccccc2)c1=O. The number of methoxy groups -OCH3 is 1. The smallest absolute Gasteiger partial charge is 0.271 e. The van der Waals surface area contributed by atoms with Crippen molar-refractivity contribution in [2.24, 2.45) is 0 Å². The molecule has 0 fully saturated rings. The van der Waals surface area contributed by atoms with Crippen molar-refractivity contribution in [2.45, 2.75) is 0 Å². The zero-order chi connectivity index (χ0) is 22.9. The summed E-state index contributed by atoms with van der Waals surface area (Å²) in [7, 11) is 1.36. The lowest BCUT2D eigenvalue weighted by molar-refractivity contribution is 0.405. The Labute approximate surface area is 185 Å². The highest BCUT2D eigenvalue weighted by molar-refractivity contribution is 5.59. The number of aromatic nitrogens is 6. The summed E-state index contributed by atoms with van der Waals surface area (Å²) in [6.45, 7) is 0. The van der Waals surface area contributed by atoms with E-state index in [0.717, 1.165) is 5.69 Å². The topological polar surface area (TPSA) is 99.7 Å². The van der Waals surface area contributed by atoms with Gasteiger partial charge in [0, 0.05) is 18.3 Å². The Balaban J connectivity index is 1.66. The summed E-state index contributed by atoms with van der Waals surface area (Å²) in [5.74, 6) is -0.653. The highest BCUT2D eigenvalue weighted by atomic mass is 19.1. The van der Waals surface area contributed by atoms with Crippen LogP contribution in [0.25, 0.3) is 28.5 Å². The van der Waals surface area contributed by atoms with E-state index in [1.807, 2.05) is 30.3 Å². The van der Waals surface area contributed by atoms with E-state index in [1.54, 1.807) is 23.0 Å². The molecule has 0 bridgehead atoms. The van der Waals surface area contributed by atoms with E-state index in [0.29, 0.717) is 11.4 Å². The number of nitrogens with zero attached hydrogens (tertiary/aromatic N) is 5. The van der Waals surface area contributed by atoms with Crippen LogP contribution in [0.4, 0.5) is 4.39 Å². The van der Waals surface area contributed by atoms with Crippen LogP contribution in [0.15, 0.2) is 88.8 Å². The Morgan fingerprint density at radius 2 is 1.82 bits per heavy atom. The van der Waals surface area contributed by atoms with E-state index in [-0.39, 0.29) is 22.7 Å². The van der Waals surface area contributed by atoms with Crippen molar-refractivity contribution in [1.82, 2.24) is 29.3 Å². The number of rotatable bonds is 5. The number of aromatic amines is 1. The van der Waals surface area contributed by atoms with E-state index in [4.69, 9.17) is 4.74 Å². The van der Waals surface area contributed by atoms with Crippen molar-refractivity contribution in [1.29, 1.82) is 0 Å². The van der Waals surface area contributed by atoms with Gasteiger partial charge in [-0.15, -0.1) is 0 Å². The molecule has 1 N–H and O–H groups in total. The van der Waals surface area contributed by atoms with Gasteiger partial charge in [0.05, 0.1) is 36.6 Å². The van der Waals surface area contributed by atoms with Gasteiger partial charge in [-0.1, -0.05) is 18.2 Å². The number of nitrogens with one attached hydrogen (secondary N) is 1. The van der Waals surface area contributed by atoms with Crippen LogP contribution in [-0.2, 0) is 0 Å². The number of hydrogen-bond donors (Lipinski definition) is 1. The van der Waals surface area contributed by atoms with Crippen molar-refractivity contribution in [2.75, 3.05) is 7.11 Å². The Morgan fingerprint density at radius 1 is 1.00 bits per heavy atom. The number of ether oxygens (including phenoxy) is 1. The molecule has 0 saturated carbocycles. The second-order valence-electron chi connectivity index (χ2n) is 7.06. The maximum Gasteiger partial charge on any atom is 0.271 e. The van der Waals surface area contributed by atoms with E-state index in [9.17, 15) is 9.59 Å². The lowest BCUT2D eigenvalue weighted by atomic mass is 10.2. The molecule has 0 radical (unpaired) electrons. The number of H-pyrrole nitrogens is 1. The molecule has 9 nitrogen and oxygen atoms in total. The van der Waals surface area contributed by atoms with E-state index < -0.39 is 11.2 Å². The third-order valence-corrected chi connectivity index (χ3v) is 5.08. The highest BCUT2D eigenvalue weighted by Gasteiger charge is 2.19. The first-order valence-corrected chi connectivity index (χ1v) is 9.91. The molecule has 5 rings (SSSR count). The average molecular weight is 444 g/mol. The van der Waals surface area contributed by atoms with Crippen molar-refractivity contribution < 1.29 is 9.13 Å². The van der Waals surface area contributed by atoms with E-state index >= 15 is 4.39 Å². The molecule has 10 heteroatoms. The van der Waals surface area contributed by atoms with Crippen molar-refractivity contribution in [3.8, 4) is 34.2 Å². The van der Waals surface area contributed by atoms with Crippen LogP contribution >= 0.6 is 0 Å². The minimum atomic E-state index is -0.644. The van der Waals surface area contributed by atoms with Gasteiger partial charge in [-0.2, -0.15) is 10.2 Å². The van der Waals surface area contributed by atoms with Gasteiger partial charge in [0.2, 0.25) is 0 Å². The third-order valence-electron chi connectivity index (χ3n) is 5.08. The molecule has 33 heavy (non-hydrogen) atoms. The predicted molar refractivity (Wildman–Crippen MR) is 119 cm³/mol. The molecular formula is C23H17FN6O3. The van der Waals surface area contributed by atoms with E-state index in [2.05, 4.69) is 15.3 Å². The summed E-state index contributed by atoms with van der Waals surface area (Å²) in [4.78, 5) is 24.9. The summed E-state index contributed by atoms with van der Waals surface area (Å²) >= 11 is 0. The molecule has 0 aliphatic rings. The van der Waals surface area contributed by atoms with Crippen LogP contribution in [0, 0.1) is 5.82 Å². The molecule has 0 aliphatic heterocycles. The third kappa shape index (κ3) is 3.53. The standard InChI is InChI=1S/C23H17FN6O3/c1-33-20-14-28(18-8-7-16(13-17(18)24)30-21(31)10-12-26-30)27-22(23(20)32)19-9-11-25-29(19)15-5-3-2-4-6-15/h2-14,26H,1H3. The molecule has 164 valence electrons. The normalized spacial score (nSPS) is 11.0. The van der Waals surface area contributed by atoms with Crippen LogP contribution in [-0.4, -0.2) is 36.5 Å².